The molecule has 2 aromatic rings. The lowest BCUT2D eigenvalue weighted by Crippen LogP contribution is -2.35. The summed E-state index contributed by atoms with van der Waals surface area (Å²) in [6.45, 7) is 1.68. The van der Waals surface area contributed by atoms with E-state index in [0.717, 1.165) is 22.3 Å². The molecule has 24 heavy (non-hydrogen) atoms. The van der Waals surface area contributed by atoms with Crippen molar-refractivity contribution in [2.75, 3.05) is 5.43 Å². The summed E-state index contributed by atoms with van der Waals surface area (Å²) >= 11 is 6.33. The number of thiocarbonyl (C=S) groups is 1. The van der Waals surface area contributed by atoms with Crippen molar-refractivity contribution in [3.63, 3.8) is 0 Å². The van der Waals surface area contributed by atoms with Crippen LogP contribution in [0.15, 0.2) is 40.0 Å². The third kappa shape index (κ3) is 3.47. The molecule has 9 heteroatoms. The number of phenols is 1. The fourth-order valence-electron chi connectivity index (χ4n) is 2.02. The number of rotatable bonds is 3. The van der Waals surface area contributed by atoms with E-state index in [-0.39, 0.29) is 23.2 Å². The summed E-state index contributed by atoms with van der Waals surface area (Å²) in [5, 5.41) is 10.5. The van der Waals surface area contributed by atoms with Crippen molar-refractivity contribution in [2.45, 2.75) is 6.92 Å². The van der Waals surface area contributed by atoms with Crippen LogP contribution in [0, 0.1) is 6.92 Å². The first-order chi connectivity index (χ1) is 11.4. The quantitative estimate of drug-likeness (QED) is 0.569. The zero-order valence-corrected chi connectivity index (χ0v) is 14.1. The fourth-order valence-corrected chi connectivity index (χ4v) is 3.20. The lowest BCUT2D eigenvalue weighted by Gasteiger charge is -2.15. The van der Waals surface area contributed by atoms with Crippen LogP contribution in [0.1, 0.15) is 11.3 Å². The Labute approximate surface area is 146 Å². The van der Waals surface area contributed by atoms with E-state index in [9.17, 15) is 14.7 Å². The standard InChI is InChI=1S/C15H12N4O3S2/c1-8-6-12(21)17-14(16-8)18-19-13(22)11(24-15(19)23)7-9-2-4-10(20)5-3-9/h2-7,20H,1H3,(H2,16,17,18,21). The SMILES string of the molecule is Cc1cc(=O)[nH]c(NN2C(=O)C(=Cc3ccc(O)cc3)SC2=S)n1. The minimum absolute atomic E-state index is 0.141. The van der Waals surface area contributed by atoms with E-state index in [0.29, 0.717) is 14.9 Å². The number of aromatic hydroxyl groups is 1. The van der Waals surface area contributed by atoms with E-state index in [1.54, 1.807) is 25.1 Å². The molecule has 122 valence electrons. The number of carbonyl (C=O) groups is 1. The van der Waals surface area contributed by atoms with Gasteiger partial charge in [-0.1, -0.05) is 23.9 Å². The summed E-state index contributed by atoms with van der Waals surface area (Å²) < 4.78 is 0.300. The van der Waals surface area contributed by atoms with Gasteiger partial charge in [-0.25, -0.2) is 4.98 Å². The van der Waals surface area contributed by atoms with Crippen molar-refractivity contribution in [1.82, 2.24) is 15.0 Å². The highest BCUT2D eigenvalue weighted by Gasteiger charge is 2.33. The molecule has 0 saturated carbocycles. The molecule has 3 rings (SSSR count). The van der Waals surface area contributed by atoms with Gasteiger partial charge in [0, 0.05) is 11.8 Å². The molecule has 0 aliphatic carbocycles. The Morgan fingerprint density at radius 1 is 1.33 bits per heavy atom. The Morgan fingerprint density at radius 2 is 2.04 bits per heavy atom. The minimum atomic E-state index is -0.345. The Kier molecular flexibility index (Phi) is 4.36. The highest BCUT2D eigenvalue weighted by Crippen LogP contribution is 2.32. The van der Waals surface area contributed by atoms with Crippen molar-refractivity contribution in [1.29, 1.82) is 0 Å². The van der Waals surface area contributed by atoms with E-state index < -0.39 is 0 Å². The van der Waals surface area contributed by atoms with Crippen molar-refractivity contribution >= 4 is 46.2 Å². The Morgan fingerprint density at radius 3 is 2.71 bits per heavy atom. The number of H-pyrrole nitrogens is 1. The Hall–Kier alpha value is -2.65. The van der Waals surface area contributed by atoms with Gasteiger partial charge >= 0.3 is 0 Å². The number of phenolic OH excluding ortho intramolecular Hbond substituents is 1. The van der Waals surface area contributed by atoms with Gasteiger partial charge < -0.3 is 5.11 Å². The summed E-state index contributed by atoms with van der Waals surface area (Å²) in [6, 6.07) is 7.79. The minimum Gasteiger partial charge on any atom is -0.508 e. The van der Waals surface area contributed by atoms with Gasteiger partial charge in [0.1, 0.15) is 5.75 Å². The van der Waals surface area contributed by atoms with Crippen LogP contribution in [-0.4, -0.2) is 30.3 Å². The van der Waals surface area contributed by atoms with Crippen LogP contribution in [-0.2, 0) is 4.79 Å². The monoisotopic (exact) mass is 360 g/mol. The van der Waals surface area contributed by atoms with Gasteiger partial charge in [0.15, 0.2) is 4.32 Å². The molecule has 1 fully saturated rings. The van der Waals surface area contributed by atoms with Crippen LogP contribution in [0.4, 0.5) is 5.95 Å². The lowest BCUT2D eigenvalue weighted by atomic mass is 10.2. The third-order valence-corrected chi connectivity index (χ3v) is 4.37. The number of aromatic nitrogens is 2. The molecule has 1 aromatic carbocycles. The van der Waals surface area contributed by atoms with Gasteiger partial charge in [-0.05, 0) is 42.9 Å². The Balaban J connectivity index is 1.83. The van der Waals surface area contributed by atoms with Crippen LogP contribution < -0.4 is 11.0 Å². The molecule has 1 aliphatic heterocycles. The van der Waals surface area contributed by atoms with Gasteiger partial charge in [-0.15, -0.1) is 0 Å². The van der Waals surface area contributed by atoms with Crippen LogP contribution in [0.3, 0.4) is 0 Å². The van der Waals surface area contributed by atoms with Crippen molar-refractivity contribution in [3.8, 4) is 5.75 Å². The molecule has 0 bridgehead atoms. The van der Waals surface area contributed by atoms with Crippen LogP contribution in [0.5, 0.6) is 5.75 Å². The predicted molar refractivity (Wildman–Crippen MR) is 96.3 cm³/mol. The Bertz CT molecular complexity index is 906. The average molecular weight is 360 g/mol. The van der Waals surface area contributed by atoms with E-state index in [4.69, 9.17) is 12.2 Å². The normalized spacial score (nSPS) is 16.0. The summed E-state index contributed by atoms with van der Waals surface area (Å²) in [4.78, 5) is 31.0. The van der Waals surface area contributed by atoms with Crippen molar-refractivity contribution in [3.05, 3.63) is 56.8 Å². The highest BCUT2D eigenvalue weighted by atomic mass is 32.2. The molecule has 1 saturated heterocycles. The molecule has 0 radical (unpaired) electrons. The maximum Gasteiger partial charge on any atom is 0.285 e. The molecule has 1 amide bonds. The van der Waals surface area contributed by atoms with Crippen LogP contribution in [0.25, 0.3) is 6.08 Å². The number of carbonyl (C=O) groups excluding carboxylic acids is 1. The number of nitrogens with one attached hydrogen (secondary N) is 2. The molecule has 0 spiro atoms. The molecule has 0 atom stereocenters. The lowest BCUT2D eigenvalue weighted by molar-refractivity contribution is -0.121. The zero-order chi connectivity index (χ0) is 17.3. The van der Waals surface area contributed by atoms with Crippen molar-refractivity contribution < 1.29 is 9.90 Å². The number of aryl methyl sites for hydroxylation is 1. The number of hydrogen-bond donors (Lipinski definition) is 3. The van der Waals surface area contributed by atoms with E-state index >= 15 is 0 Å². The molecule has 0 unspecified atom stereocenters. The van der Waals surface area contributed by atoms with Gasteiger partial charge in [0.2, 0.25) is 5.95 Å². The molecule has 7 nitrogen and oxygen atoms in total. The molecule has 3 N–H and O–H groups in total. The number of hydrazine groups is 1. The first-order valence-corrected chi connectivity index (χ1v) is 8.06. The van der Waals surface area contributed by atoms with Gasteiger partial charge in [0.25, 0.3) is 11.5 Å². The number of amides is 1. The molecular formula is C15H12N4O3S2. The first kappa shape index (κ1) is 16.2. The molecular weight excluding hydrogens is 348 g/mol. The average Bonchev–Trinajstić information content (AvgIpc) is 2.76. The smallest absolute Gasteiger partial charge is 0.285 e. The van der Waals surface area contributed by atoms with Gasteiger partial charge in [0.05, 0.1) is 4.91 Å². The molecule has 2 heterocycles. The summed E-state index contributed by atoms with van der Waals surface area (Å²) in [5.74, 6) is -0.0553. The number of hydrogen-bond acceptors (Lipinski definition) is 7. The number of thioether (sulfide) groups is 1. The zero-order valence-electron chi connectivity index (χ0n) is 12.4. The van der Waals surface area contributed by atoms with Gasteiger partial charge in [-0.2, -0.15) is 5.01 Å². The second kappa shape index (κ2) is 6.46. The summed E-state index contributed by atoms with van der Waals surface area (Å²) in [7, 11) is 0. The fraction of sp³-hybridized carbons (Fsp3) is 0.0667. The van der Waals surface area contributed by atoms with Crippen LogP contribution in [0.2, 0.25) is 0 Å². The van der Waals surface area contributed by atoms with Crippen LogP contribution >= 0.6 is 24.0 Å². The number of nitrogens with zero attached hydrogens (tertiary/aromatic N) is 2. The molecule has 1 aromatic heterocycles. The number of benzene rings is 1. The molecule has 1 aliphatic rings. The number of anilines is 1. The van der Waals surface area contributed by atoms with E-state index in [1.165, 1.54) is 18.2 Å². The maximum absolute atomic E-state index is 12.5. The third-order valence-electron chi connectivity index (χ3n) is 3.07. The van der Waals surface area contributed by atoms with Gasteiger partial charge in [-0.3, -0.25) is 20.0 Å². The van der Waals surface area contributed by atoms with E-state index in [2.05, 4.69) is 15.4 Å². The largest absolute Gasteiger partial charge is 0.508 e. The topological polar surface area (TPSA) is 98.3 Å². The second-order valence-corrected chi connectivity index (χ2v) is 6.63. The summed E-state index contributed by atoms with van der Waals surface area (Å²) in [6.07, 6.45) is 1.67. The predicted octanol–water partition coefficient (Wildman–Crippen LogP) is 2.01. The second-order valence-electron chi connectivity index (χ2n) is 4.96. The first-order valence-electron chi connectivity index (χ1n) is 6.84. The number of aromatic amines is 1. The highest BCUT2D eigenvalue weighted by molar-refractivity contribution is 8.26. The van der Waals surface area contributed by atoms with Crippen molar-refractivity contribution in [2.24, 2.45) is 0 Å². The van der Waals surface area contributed by atoms with E-state index in [1.807, 2.05) is 0 Å². The summed E-state index contributed by atoms with van der Waals surface area (Å²) in [5.41, 5.74) is 3.68. The maximum atomic E-state index is 12.5.